The van der Waals surface area contributed by atoms with Gasteiger partial charge in [0.1, 0.15) is 0 Å². The van der Waals surface area contributed by atoms with Crippen LogP contribution in [0, 0.1) is 11.8 Å². The van der Waals surface area contributed by atoms with Crippen LogP contribution in [0.2, 0.25) is 0 Å². The summed E-state index contributed by atoms with van der Waals surface area (Å²) in [5, 5.41) is 3.76. The fourth-order valence-corrected chi connectivity index (χ4v) is 4.48. The van der Waals surface area contributed by atoms with E-state index < -0.39 is 10.8 Å². The summed E-state index contributed by atoms with van der Waals surface area (Å²) in [6.07, 6.45) is 3.42. The highest BCUT2D eigenvalue weighted by atomic mass is 32.2. The van der Waals surface area contributed by atoms with Crippen LogP contribution in [0.15, 0.2) is 0 Å². The van der Waals surface area contributed by atoms with Gasteiger partial charge in [0.05, 0.1) is 0 Å². The Bertz CT molecular complexity index is 218. The van der Waals surface area contributed by atoms with Crippen molar-refractivity contribution in [1.82, 2.24) is 5.32 Å². The Morgan fingerprint density at radius 3 is 2.53 bits per heavy atom. The Morgan fingerprint density at radius 1 is 1.40 bits per heavy atom. The molecule has 0 saturated heterocycles. The minimum absolute atomic E-state index is 0.432. The van der Waals surface area contributed by atoms with Crippen molar-refractivity contribution in [2.24, 2.45) is 11.8 Å². The van der Waals surface area contributed by atoms with Gasteiger partial charge in [-0.1, -0.05) is 20.8 Å². The van der Waals surface area contributed by atoms with E-state index in [4.69, 9.17) is 0 Å². The molecule has 4 unspecified atom stereocenters. The molecule has 1 rings (SSSR count). The van der Waals surface area contributed by atoms with Crippen LogP contribution < -0.4 is 5.32 Å². The van der Waals surface area contributed by atoms with Gasteiger partial charge in [0, 0.05) is 27.8 Å². The zero-order valence-corrected chi connectivity index (χ0v) is 11.3. The third kappa shape index (κ3) is 3.56. The standard InChI is InChI=1S/C12H25NOS/c1-9(2)7-8-15(14)12-6-5-11(13-4)10(12)3/h9-13H,5-8H2,1-4H3. The van der Waals surface area contributed by atoms with Gasteiger partial charge < -0.3 is 5.32 Å². The van der Waals surface area contributed by atoms with Crippen LogP contribution in [-0.2, 0) is 10.8 Å². The van der Waals surface area contributed by atoms with E-state index in [0.29, 0.717) is 23.1 Å². The minimum Gasteiger partial charge on any atom is -0.317 e. The second-order valence-electron chi connectivity index (χ2n) is 5.14. The van der Waals surface area contributed by atoms with Crippen molar-refractivity contribution in [3.8, 4) is 0 Å². The van der Waals surface area contributed by atoms with Gasteiger partial charge in [0.25, 0.3) is 0 Å². The molecule has 0 aromatic heterocycles. The summed E-state index contributed by atoms with van der Waals surface area (Å²) in [5.74, 6) is 2.14. The fourth-order valence-electron chi connectivity index (χ4n) is 2.41. The number of hydrogen-bond acceptors (Lipinski definition) is 2. The summed E-state index contributed by atoms with van der Waals surface area (Å²) in [7, 11) is 1.41. The van der Waals surface area contributed by atoms with E-state index in [1.807, 2.05) is 7.05 Å². The molecule has 0 aromatic carbocycles. The first-order valence-electron chi connectivity index (χ1n) is 6.10. The predicted octanol–water partition coefficient (Wildman–Crippen LogP) is 2.17. The highest BCUT2D eigenvalue weighted by molar-refractivity contribution is 7.85. The lowest BCUT2D eigenvalue weighted by atomic mass is 10.1. The first-order valence-corrected chi connectivity index (χ1v) is 7.49. The zero-order chi connectivity index (χ0) is 11.4. The molecule has 1 aliphatic rings. The van der Waals surface area contributed by atoms with Gasteiger partial charge in [0.2, 0.25) is 0 Å². The lowest BCUT2D eigenvalue weighted by Crippen LogP contribution is -2.33. The summed E-state index contributed by atoms with van der Waals surface area (Å²) in [6.45, 7) is 6.64. The van der Waals surface area contributed by atoms with Gasteiger partial charge in [-0.25, -0.2) is 0 Å². The van der Waals surface area contributed by atoms with Gasteiger partial charge in [-0.15, -0.1) is 0 Å². The molecule has 0 bridgehead atoms. The Hall–Kier alpha value is 0.110. The maximum Gasteiger partial charge on any atom is 0.0388 e. The van der Waals surface area contributed by atoms with Gasteiger partial charge in [-0.3, -0.25) is 4.21 Å². The second-order valence-corrected chi connectivity index (χ2v) is 6.91. The zero-order valence-electron chi connectivity index (χ0n) is 10.5. The van der Waals surface area contributed by atoms with E-state index >= 15 is 0 Å². The molecule has 0 spiro atoms. The normalized spacial score (nSPS) is 33.5. The monoisotopic (exact) mass is 231 g/mol. The molecule has 0 amide bonds. The Labute approximate surface area is 96.7 Å². The molecular weight excluding hydrogens is 206 g/mol. The SMILES string of the molecule is CNC1CCC(S(=O)CCC(C)C)C1C. The quantitative estimate of drug-likeness (QED) is 0.785. The Morgan fingerprint density at radius 2 is 2.07 bits per heavy atom. The average molecular weight is 231 g/mol. The molecule has 0 aliphatic heterocycles. The molecule has 90 valence electrons. The van der Waals surface area contributed by atoms with Crippen LogP contribution in [0.25, 0.3) is 0 Å². The first-order chi connectivity index (χ1) is 7.06. The van der Waals surface area contributed by atoms with Gasteiger partial charge in [0.15, 0.2) is 0 Å². The summed E-state index contributed by atoms with van der Waals surface area (Å²) in [5.41, 5.74) is 0. The van der Waals surface area contributed by atoms with E-state index in [9.17, 15) is 4.21 Å². The number of rotatable bonds is 5. The molecular formula is C12H25NOS. The fraction of sp³-hybridized carbons (Fsp3) is 1.00. The van der Waals surface area contributed by atoms with Crippen LogP contribution in [0.1, 0.15) is 40.0 Å². The smallest absolute Gasteiger partial charge is 0.0388 e. The second kappa shape index (κ2) is 6.00. The van der Waals surface area contributed by atoms with Crippen LogP contribution in [0.5, 0.6) is 0 Å². The van der Waals surface area contributed by atoms with Crippen molar-refractivity contribution >= 4 is 10.8 Å². The predicted molar refractivity (Wildman–Crippen MR) is 67.5 cm³/mol. The van der Waals surface area contributed by atoms with Crippen molar-refractivity contribution in [2.75, 3.05) is 12.8 Å². The average Bonchev–Trinajstić information content (AvgIpc) is 2.56. The highest BCUT2D eigenvalue weighted by Gasteiger charge is 2.35. The summed E-state index contributed by atoms with van der Waals surface area (Å²) >= 11 is 0. The Balaban J connectivity index is 2.40. The van der Waals surface area contributed by atoms with Crippen molar-refractivity contribution in [3.05, 3.63) is 0 Å². The minimum atomic E-state index is -0.608. The Kier molecular flexibility index (Phi) is 5.27. The maximum atomic E-state index is 12.1. The molecule has 2 nitrogen and oxygen atoms in total. The van der Waals surface area contributed by atoms with E-state index in [1.165, 1.54) is 6.42 Å². The van der Waals surface area contributed by atoms with Crippen molar-refractivity contribution in [2.45, 2.75) is 51.3 Å². The van der Waals surface area contributed by atoms with Gasteiger partial charge in [-0.2, -0.15) is 0 Å². The highest BCUT2D eigenvalue weighted by Crippen LogP contribution is 2.30. The third-order valence-electron chi connectivity index (χ3n) is 3.59. The molecule has 4 atom stereocenters. The molecule has 1 aliphatic carbocycles. The maximum absolute atomic E-state index is 12.1. The summed E-state index contributed by atoms with van der Waals surface area (Å²) in [4.78, 5) is 0. The van der Waals surface area contributed by atoms with Crippen molar-refractivity contribution in [1.29, 1.82) is 0 Å². The lowest BCUT2D eigenvalue weighted by Gasteiger charge is -2.20. The van der Waals surface area contributed by atoms with Gasteiger partial charge in [-0.05, 0) is 38.1 Å². The first kappa shape index (κ1) is 13.2. The molecule has 0 heterocycles. The van der Waals surface area contributed by atoms with E-state index in [-0.39, 0.29) is 0 Å². The van der Waals surface area contributed by atoms with Crippen LogP contribution in [0.4, 0.5) is 0 Å². The molecule has 0 radical (unpaired) electrons. The van der Waals surface area contributed by atoms with Crippen LogP contribution in [-0.4, -0.2) is 28.3 Å². The van der Waals surface area contributed by atoms with E-state index in [1.54, 1.807) is 0 Å². The molecule has 1 N–H and O–H groups in total. The third-order valence-corrected chi connectivity index (χ3v) is 5.57. The molecule has 3 heteroatoms. The molecule has 1 fully saturated rings. The molecule has 15 heavy (non-hydrogen) atoms. The van der Waals surface area contributed by atoms with Crippen molar-refractivity contribution in [3.63, 3.8) is 0 Å². The largest absolute Gasteiger partial charge is 0.317 e. The topological polar surface area (TPSA) is 29.1 Å². The summed E-state index contributed by atoms with van der Waals surface area (Å²) in [6, 6.07) is 0.581. The van der Waals surface area contributed by atoms with E-state index in [2.05, 4.69) is 26.1 Å². The van der Waals surface area contributed by atoms with Crippen LogP contribution >= 0.6 is 0 Å². The molecule has 0 aromatic rings. The lowest BCUT2D eigenvalue weighted by molar-refractivity contribution is 0.460. The van der Waals surface area contributed by atoms with Crippen LogP contribution in [0.3, 0.4) is 0 Å². The van der Waals surface area contributed by atoms with Gasteiger partial charge >= 0.3 is 0 Å². The number of hydrogen-bond donors (Lipinski definition) is 1. The molecule has 1 saturated carbocycles. The van der Waals surface area contributed by atoms with Crippen molar-refractivity contribution < 1.29 is 4.21 Å². The van der Waals surface area contributed by atoms with E-state index in [0.717, 1.165) is 18.6 Å². The number of nitrogens with one attached hydrogen (secondary N) is 1. The summed E-state index contributed by atoms with van der Waals surface area (Å²) < 4.78 is 12.1.